The fourth-order valence-corrected chi connectivity index (χ4v) is 2.76. The van der Waals surface area contributed by atoms with E-state index in [2.05, 4.69) is 53.6 Å². The Morgan fingerprint density at radius 1 is 1.08 bits per heavy atom. The minimum Gasteiger partial charge on any atom is -0.379 e. The van der Waals surface area contributed by atoms with Crippen LogP contribution in [0.4, 0.5) is 0 Å². The first-order chi connectivity index (χ1) is 12.3. The number of aryl methyl sites for hydroxylation is 1. The van der Waals surface area contributed by atoms with Gasteiger partial charge < -0.3 is 15.4 Å². The van der Waals surface area contributed by atoms with Crippen molar-refractivity contribution in [3.8, 4) is 0 Å². The fourth-order valence-electron chi connectivity index (χ4n) is 2.76. The van der Waals surface area contributed by atoms with Crippen LogP contribution >= 0.6 is 24.0 Å². The van der Waals surface area contributed by atoms with Gasteiger partial charge in [-0.25, -0.2) is 4.99 Å². The number of halogens is 1. The van der Waals surface area contributed by atoms with E-state index in [-0.39, 0.29) is 24.0 Å². The lowest BCUT2D eigenvalue weighted by Crippen LogP contribution is -2.41. The average Bonchev–Trinajstić information content (AvgIpc) is 2.65. The van der Waals surface area contributed by atoms with Crippen LogP contribution in [0.15, 0.2) is 29.3 Å². The predicted molar refractivity (Wildman–Crippen MR) is 121 cm³/mol. The van der Waals surface area contributed by atoms with Gasteiger partial charge in [-0.2, -0.15) is 0 Å². The largest absolute Gasteiger partial charge is 0.379 e. The molecular formula is C20H35IN4O. The van der Waals surface area contributed by atoms with E-state index < -0.39 is 0 Å². The van der Waals surface area contributed by atoms with Gasteiger partial charge in [0.2, 0.25) is 0 Å². The molecule has 0 bridgehead atoms. The average molecular weight is 474 g/mol. The van der Waals surface area contributed by atoms with Gasteiger partial charge >= 0.3 is 0 Å². The highest BCUT2D eigenvalue weighted by Crippen LogP contribution is 2.04. The molecule has 1 fully saturated rings. The normalized spacial score (nSPS) is 15.4. The van der Waals surface area contributed by atoms with Crippen LogP contribution in [0.5, 0.6) is 0 Å². The van der Waals surface area contributed by atoms with Gasteiger partial charge in [-0.1, -0.05) is 43.2 Å². The number of guanidine groups is 1. The Morgan fingerprint density at radius 3 is 2.38 bits per heavy atom. The number of benzene rings is 1. The monoisotopic (exact) mass is 474 g/mol. The summed E-state index contributed by atoms with van der Waals surface area (Å²) in [6.45, 7) is 11.9. The number of hydrogen-bond donors (Lipinski definition) is 2. The summed E-state index contributed by atoms with van der Waals surface area (Å²) in [5.74, 6) is 0.927. The lowest BCUT2D eigenvalue weighted by Gasteiger charge is -2.26. The van der Waals surface area contributed by atoms with E-state index in [4.69, 9.17) is 9.73 Å². The molecule has 1 heterocycles. The number of ether oxygens (including phenoxy) is 1. The molecule has 5 nitrogen and oxygen atoms in total. The highest BCUT2D eigenvalue weighted by Gasteiger charge is 2.09. The van der Waals surface area contributed by atoms with Gasteiger partial charge in [0.15, 0.2) is 5.96 Å². The van der Waals surface area contributed by atoms with E-state index in [0.717, 1.165) is 58.3 Å². The molecule has 0 amide bonds. The van der Waals surface area contributed by atoms with E-state index in [1.54, 1.807) is 0 Å². The van der Waals surface area contributed by atoms with E-state index >= 15 is 0 Å². The maximum Gasteiger partial charge on any atom is 0.191 e. The van der Waals surface area contributed by atoms with E-state index in [0.29, 0.717) is 6.54 Å². The van der Waals surface area contributed by atoms with Gasteiger partial charge in [-0.15, -0.1) is 24.0 Å². The molecule has 0 spiro atoms. The smallest absolute Gasteiger partial charge is 0.191 e. The Balaban J connectivity index is 0.00000338. The van der Waals surface area contributed by atoms with Crippen molar-refractivity contribution in [1.29, 1.82) is 0 Å². The standard InChI is InChI=1S/C20H34N4O.HI/c1-3-4-10-21-20(23-17-19-8-6-18(2)7-9-19)22-11-5-12-24-13-15-25-16-14-24;/h6-9H,3-5,10-17H2,1-2H3,(H2,21,22,23);1H. The maximum absolute atomic E-state index is 5.39. The lowest BCUT2D eigenvalue weighted by molar-refractivity contribution is 0.0376. The number of nitrogens with zero attached hydrogens (tertiary/aromatic N) is 2. The third-order valence-electron chi connectivity index (χ3n) is 4.41. The van der Waals surface area contributed by atoms with Gasteiger partial charge in [-0.3, -0.25) is 4.90 Å². The number of aliphatic imine (C=N–C) groups is 1. The minimum absolute atomic E-state index is 0. The van der Waals surface area contributed by atoms with Crippen LogP contribution in [0, 0.1) is 6.92 Å². The number of unbranched alkanes of at least 4 members (excludes halogenated alkanes) is 1. The summed E-state index contributed by atoms with van der Waals surface area (Å²) in [7, 11) is 0. The van der Waals surface area contributed by atoms with Crippen LogP contribution in [0.25, 0.3) is 0 Å². The molecule has 1 aliphatic rings. The third-order valence-corrected chi connectivity index (χ3v) is 4.41. The van der Waals surface area contributed by atoms with Crippen LogP contribution in [-0.4, -0.2) is 56.8 Å². The van der Waals surface area contributed by atoms with Gasteiger partial charge in [0.05, 0.1) is 19.8 Å². The molecule has 1 aliphatic heterocycles. The second-order valence-corrected chi connectivity index (χ2v) is 6.67. The Labute approximate surface area is 176 Å². The first-order valence-corrected chi connectivity index (χ1v) is 9.66. The van der Waals surface area contributed by atoms with Crippen molar-refractivity contribution in [2.75, 3.05) is 45.9 Å². The molecule has 0 radical (unpaired) electrons. The number of morpholine rings is 1. The lowest BCUT2D eigenvalue weighted by atomic mass is 10.1. The molecule has 0 saturated carbocycles. The zero-order chi connectivity index (χ0) is 17.7. The quantitative estimate of drug-likeness (QED) is 0.250. The number of hydrogen-bond acceptors (Lipinski definition) is 3. The number of rotatable bonds is 9. The highest BCUT2D eigenvalue weighted by atomic mass is 127. The summed E-state index contributed by atoms with van der Waals surface area (Å²) in [6, 6.07) is 8.59. The first kappa shape index (κ1) is 23.2. The van der Waals surface area contributed by atoms with Gasteiger partial charge in [0.25, 0.3) is 0 Å². The van der Waals surface area contributed by atoms with Crippen LogP contribution in [0.2, 0.25) is 0 Å². The summed E-state index contributed by atoms with van der Waals surface area (Å²) in [5.41, 5.74) is 2.53. The summed E-state index contributed by atoms with van der Waals surface area (Å²) in [6.07, 6.45) is 3.48. The van der Waals surface area contributed by atoms with E-state index in [1.807, 2.05) is 0 Å². The third kappa shape index (κ3) is 9.73. The molecule has 6 heteroatoms. The van der Waals surface area contributed by atoms with Crippen molar-refractivity contribution >= 4 is 29.9 Å². The molecule has 1 saturated heterocycles. The molecule has 0 unspecified atom stereocenters. The van der Waals surface area contributed by atoms with Crippen molar-refractivity contribution in [2.45, 2.75) is 39.7 Å². The molecule has 1 aromatic carbocycles. The highest BCUT2D eigenvalue weighted by molar-refractivity contribution is 14.0. The van der Waals surface area contributed by atoms with Crippen molar-refractivity contribution < 1.29 is 4.74 Å². The fraction of sp³-hybridized carbons (Fsp3) is 0.650. The molecule has 0 aliphatic carbocycles. The second-order valence-electron chi connectivity index (χ2n) is 6.67. The molecule has 0 aromatic heterocycles. The van der Waals surface area contributed by atoms with Crippen molar-refractivity contribution in [3.05, 3.63) is 35.4 Å². The van der Waals surface area contributed by atoms with E-state index in [1.165, 1.54) is 24.0 Å². The molecule has 26 heavy (non-hydrogen) atoms. The van der Waals surface area contributed by atoms with Crippen molar-refractivity contribution in [1.82, 2.24) is 15.5 Å². The summed E-state index contributed by atoms with van der Waals surface area (Å²) >= 11 is 0. The second kappa shape index (κ2) is 14.2. The zero-order valence-corrected chi connectivity index (χ0v) is 18.6. The van der Waals surface area contributed by atoms with Crippen LogP contribution in [-0.2, 0) is 11.3 Å². The van der Waals surface area contributed by atoms with Crippen molar-refractivity contribution in [3.63, 3.8) is 0 Å². The Hall–Kier alpha value is -0.860. The zero-order valence-electron chi connectivity index (χ0n) is 16.3. The van der Waals surface area contributed by atoms with Gasteiger partial charge in [0, 0.05) is 26.2 Å². The molecule has 0 atom stereocenters. The molecular weight excluding hydrogens is 439 g/mol. The predicted octanol–water partition coefficient (Wildman–Crippen LogP) is 3.17. The van der Waals surface area contributed by atoms with E-state index in [9.17, 15) is 0 Å². The van der Waals surface area contributed by atoms with Gasteiger partial charge in [0.1, 0.15) is 0 Å². The first-order valence-electron chi connectivity index (χ1n) is 9.66. The molecule has 2 N–H and O–H groups in total. The SMILES string of the molecule is CCCCNC(=NCc1ccc(C)cc1)NCCCN1CCOCC1.I. The number of nitrogens with one attached hydrogen (secondary N) is 2. The van der Waals surface area contributed by atoms with Crippen LogP contribution in [0.1, 0.15) is 37.3 Å². The van der Waals surface area contributed by atoms with Crippen molar-refractivity contribution in [2.24, 2.45) is 4.99 Å². The Morgan fingerprint density at radius 2 is 1.73 bits per heavy atom. The molecule has 2 rings (SSSR count). The molecule has 148 valence electrons. The molecule has 1 aromatic rings. The Kier molecular flexibility index (Phi) is 12.7. The maximum atomic E-state index is 5.39. The summed E-state index contributed by atoms with van der Waals surface area (Å²) in [4.78, 5) is 7.21. The summed E-state index contributed by atoms with van der Waals surface area (Å²) in [5, 5.41) is 6.93. The van der Waals surface area contributed by atoms with Gasteiger partial charge in [-0.05, 0) is 31.9 Å². The summed E-state index contributed by atoms with van der Waals surface area (Å²) < 4.78 is 5.39. The topological polar surface area (TPSA) is 48.9 Å². The van der Waals surface area contributed by atoms with Crippen LogP contribution in [0.3, 0.4) is 0 Å². The van der Waals surface area contributed by atoms with Crippen LogP contribution < -0.4 is 10.6 Å². The minimum atomic E-state index is 0. The Bertz CT molecular complexity index is 501.